The van der Waals surface area contributed by atoms with Crippen molar-refractivity contribution in [2.45, 2.75) is 26.7 Å². The molecule has 5 aromatic carbocycles. The molecule has 0 N–H and O–H groups in total. The Balaban J connectivity index is 1.17. The molecule has 0 aliphatic carbocycles. The fraction of sp³-hybridized carbons (Fsp3) is 0.105. The topological polar surface area (TPSA) is 0 Å². The molecule has 0 bridgehead atoms. The molecule has 0 atom stereocenters. The average Bonchev–Trinajstić information content (AvgIpc) is 2.95. The summed E-state index contributed by atoms with van der Waals surface area (Å²) < 4.78 is 0. The van der Waals surface area contributed by atoms with Gasteiger partial charge in [0.2, 0.25) is 0 Å². The molecule has 0 heteroatoms. The summed E-state index contributed by atoms with van der Waals surface area (Å²) >= 11 is 0. The van der Waals surface area contributed by atoms with Crippen molar-refractivity contribution in [2.24, 2.45) is 0 Å². The molecule has 5 rings (SSSR count). The summed E-state index contributed by atoms with van der Waals surface area (Å²) in [7, 11) is 0. The van der Waals surface area contributed by atoms with Gasteiger partial charge in [-0.25, -0.2) is 0 Å². The second-order valence-corrected chi connectivity index (χ2v) is 9.80. The molecule has 0 saturated heterocycles. The summed E-state index contributed by atoms with van der Waals surface area (Å²) in [4.78, 5) is 0. The monoisotopic (exact) mass is 486 g/mol. The molecule has 0 radical (unpaired) electrons. The summed E-state index contributed by atoms with van der Waals surface area (Å²) in [5.41, 5.74) is 11.8. The Morgan fingerprint density at radius 2 is 0.526 bits per heavy atom. The summed E-state index contributed by atoms with van der Waals surface area (Å²) in [6, 6.07) is 42.6. The van der Waals surface area contributed by atoms with Gasteiger partial charge in [-0.2, -0.15) is 0 Å². The third-order valence-electron chi connectivity index (χ3n) is 6.55. The largest absolute Gasteiger partial charge is 0.0617 e. The number of aryl methyl sites for hydroxylation is 2. The molecular formula is C38H30. The minimum absolute atomic E-state index is 0.939. The molecule has 0 spiro atoms. The third kappa shape index (κ3) is 7.13. The van der Waals surface area contributed by atoms with E-state index in [-0.39, 0.29) is 0 Å². The van der Waals surface area contributed by atoms with E-state index in [0.717, 1.165) is 35.1 Å². The first-order valence-corrected chi connectivity index (χ1v) is 13.0. The van der Waals surface area contributed by atoms with E-state index in [0.29, 0.717) is 0 Å². The molecule has 0 saturated carbocycles. The lowest BCUT2D eigenvalue weighted by molar-refractivity contribution is 1.18. The normalized spacial score (nSPS) is 10.2. The maximum atomic E-state index is 3.28. The van der Waals surface area contributed by atoms with E-state index in [4.69, 9.17) is 0 Å². The molecule has 38 heavy (non-hydrogen) atoms. The van der Waals surface area contributed by atoms with E-state index in [1.54, 1.807) is 0 Å². The maximum Gasteiger partial charge on any atom is 0.0249 e. The first kappa shape index (κ1) is 24.9. The number of hydrogen-bond acceptors (Lipinski definition) is 0. The van der Waals surface area contributed by atoms with Crippen molar-refractivity contribution in [2.75, 3.05) is 0 Å². The van der Waals surface area contributed by atoms with Crippen LogP contribution in [0.25, 0.3) is 0 Å². The highest BCUT2D eigenvalue weighted by Gasteiger charge is 1.98. The minimum atomic E-state index is 0.939. The van der Waals surface area contributed by atoms with Crippen LogP contribution in [0.15, 0.2) is 121 Å². The Bertz CT molecular complexity index is 1480. The van der Waals surface area contributed by atoms with Crippen LogP contribution < -0.4 is 0 Å². The highest BCUT2D eigenvalue weighted by atomic mass is 14.0. The van der Waals surface area contributed by atoms with E-state index in [9.17, 15) is 0 Å². The molecule has 0 amide bonds. The van der Waals surface area contributed by atoms with Gasteiger partial charge in [0, 0.05) is 22.3 Å². The molecule has 0 nitrogen and oxygen atoms in total. The molecule has 0 heterocycles. The van der Waals surface area contributed by atoms with Crippen molar-refractivity contribution in [3.8, 4) is 23.7 Å². The molecule has 0 aliphatic rings. The van der Waals surface area contributed by atoms with Crippen LogP contribution in [0.3, 0.4) is 0 Å². The van der Waals surface area contributed by atoms with Crippen molar-refractivity contribution < 1.29 is 0 Å². The SMILES string of the molecule is Cc1ccc(Cc2ccc(C#Cc3ccc(C#Cc4ccc(Cc5ccc(C)cc5)cc4)cc3)cc2)cc1. The minimum Gasteiger partial charge on any atom is -0.0617 e. The lowest BCUT2D eigenvalue weighted by Crippen LogP contribution is -1.88. The van der Waals surface area contributed by atoms with Gasteiger partial charge in [-0.15, -0.1) is 0 Å². The van der Waals surface area contributed by atoms with Gasteiger partial charge in [0.25, 0.3) is 0 Å². The zero-order chi connectivity index (χ0) is 26.2. The predicted octanol–water partition coefficient (Wildman–Crippen LogP) is 8.28. The van der Waals surface area contributed by atoms with Crippen molar-refractivity contribution in [1.29, 1.82) is 0 Å². The number of benzene rings is 5. The van der Waals surface area contributed by atoms with E-state index >= 15 is 0 Å². The molecule has 0 fully saturated rings. The van der Waals surface area contributed by atoms with Gasteiger partial charge in [0.1, 0.15) is 0 Å². The molecular weight excluding hydrogens is 456 g/mol. The van der Waals surface area contributed by atoms with Crippen LogP contribution in [-0.4, -0.2) is 0 Å². The zero-order valence-corrected chi connectivity index (χ0v) is 22.0. The predicted molar refractivity (Wildman–Crippen MR) is 159 cm³/mol. The smallest absolute Gasteiger partial charge is 0.0249 e. The lowest BCUT2D eigenvalue weighted by Gasteiger charge is -2.03. The highest BCUT2D eigenvalue weighted by molar-refractivity contribution is 5.48. The molecule has 182 valence electrons. The summed E-state index contributed by atoms with van der Waals surface area (Å²) in [6.07, 6.45) is 1.88. The van der Waals surface area contributed by atoms with Crippen LogP contribution in [0.5, 0.6) is 0 Å². The van der Waals surface area contributed by atoms with Gasteiger partial charge in [0.05, 0.1) is 0 Å². The summed E-state index contributed by atoms with van der Waals surface area (Å²) in [5, 5.41) is 0. The van der Waals surface area contributed by atoms with Gasteiger partial charge in [0.15, 0.2) is 0 Å². The van der Waals surface area contributed by atoms with Gasteiger partial charge < -0.3 is 0 Å². The van der Waals surface area contributed by atoms with Crippen LogP contribution in [-0.2, 0) is 12.8 Å². The van der Waals surface area contributed by atoms with Gasteiger partial charge in [-0.05, 0) is 97.5 Å². The average molecular weight is 487 g/mol. The first-order valence-electron chi connectivity index (χ1n) is 13.0. The number of hydrogen-bond donors (Lipinski definition) is 0. The van der Waals surface area contributed by atoms with Crippen molar-refractivity contribution in [3.05, 3.63) is 177 Å². The van der Waals surface area contributed by atoms with Crippen LogP contribution in [0, 0.1) is 37.5 Å². The first-order chi connectivity index (χ1) is 18.6. The van der Waals surface area contributed by atoms with E-state index in [1.165, 1.54) is 33.4 Å². The Kier molecular flexibility index (Phi) is 7.84. The quantitative estimate of drug-likeness (QED) is 0.224. The maximum absolute atomic E-state index is 3.28. The number of rotatable bonds is 4. The van der Waals surface area contributed by atoms with Crippen LogP contribution in [0.1, 0.15) is 55.6 Å². The van der Waals surface area contributed by atoms with Crippen molar-refractivity contribution >= 4 is 0 Å². The fourth-order valence-electron chi connectivity index (χ4n) is 4.22. The van der Waals surface area contributed by atoms with Crippen LogP contribution in [0.2, 0.25) is 0 Å². The Labute approximate surface area is 227 Å². The Morgan fingerprint density at radius 1 is 0.316 bits per heavy atom. The highest BCUT2D eigenvalue weighted by Crippen LogP contribution is 2.13. The Hall–Kier alpha value is -4.78. The second kappa shape index (κ2) is 12.0. The molecule has 0 aromatic heterocycles. The molecule has 0 aliphatic heterocycles. The fourth-order valence-corrected chi connectivity index (χ4v) is 4.22. The van der Waals surface area contributed by atoms with E-state index in [2.05, 4.69) is 135 Å². The molecule has 0 unspecified atom stereocenters. The molecule has 5 aromatic rings. The van der Waals surface area contributed by atoms with Crippen molar-refractivity contribution in [1.82, 2.24) is 0 Å². The third-order valence-corrected chi connectivity index (χ3v) is 6.55. The van der Waals surface area contributed by atoms with Gasteiger partial charge >= 0.3 is 0 Å². The lowest BCUT2D eigenvalue weighted by atomic mass is 10.0. The van der Waals surface area contributed by atoms with Crippen molar-refractivity contribution in [3.63, 3.8) is 0 Å². The van der Waals surface area contributed by atoms with E-state index in [1.807, 2.05) is 24.3 Å². The summed E-state index contributed by atoms with van der Waals surface area (Å²) in [5.74, 6) is 13.1. The summed E-state index contributed by atoms with van der Waals surface area (Å²) in [6.45, 7) is 4.23. The van der Waals surface area contributed by atoms with Crippen LogP contribution >= 0.6 is 0 Å². The zero-order valence-electron chi connectivity index (χ0n) is 22.0. The second-order valence-electron chi connectivity index (χ2n) is 9.80. The van der Waals surface area contributed by atoms with Gasteiger partial charge in [-0.1, -0.05) is 108 Å². The van der Waals surface area contributed by atoms with Crippen LogP contribution in [0.4, 0.5) is 0 Å². The van der Waals surface area contributed by atoms with Gasteiger partial charge in [-0.3, -0.25) is 0 Å². The Morgan fingerprint density at radius 3 is 0.789 bits per heavy atom. The standard InChI is InChI=1S/C38H30/c1-29-3-7-35(8-4-29)27-37-23-19-33(20-24-37)17-15-31-11-13-32(14-12-31)16-18-34-21-25-38(26-22-34)28-36-9-5-30(2)6-10-36/h3-14,19-26H,27-28H2,1-2H3. The van der Waals surface area contributed by atoms with E-state index < -0.39 is 0 Å².